The van der Waals surface area contributed by atoms with Gasteiger partial charge in [0.1, 0.15) is 11.4 Å². The van der Waals surface area contributed by atoms with Crippen molar-refractivity contribution in [2.45, 2.75) is 13.0 Å². The van der Waals surface area contributed by atoms with Crippen molar-refractivity contribution in [1.82, 2.24) is 24.8 Å². The molecule has 1 amide bonds. The van der Waals surface area contributed by atoms with E-state index in [4.69, 9.17) is 4.74 Å². The number of nitrogens with one attached hydrogen (secondary N) is 2. The smallest absolute Gasteiger partial charge is 0.305 e. The highest BCUT2D eigenvalue weighted by Crippen LogP contribution is 2.32. The summed E-state index contributed by atoms with van der Waals surface area (Å²) >= 11 is 0. The number of hydrogen-bond acceptors (Lipinski definition) is 5. The number of hydrogen-bond donors (Lipinski definition) is 3. The van der Waals surface area contributed by atoms with Gasteiger partial charge in [0.25, 0.3) is 5.91 Å². The number of aromatic nitrogens is 3. The second kappa shape index (κ2) is 9.74. The van der Waals surface area contributed by atoms with E-state index in [1.807, 2.05) is 60.0 Å². The fourth-order valence-corrected chi connectivity index (χ4v) is 3.72. The fraction of sp³-hybridized carbons (Fsp3) is 0.292. The van der Waals surface area contributed by atoms with Gasteiger partial charge >= 0.3 is 5.97 Å². The average Bonchev–Trinajstić information content (AvgIpc) is 3.36. The van der Waals surface area contributed by atoms with E-state index < -0.39 is 5.97 Å². The molecule has 9 nitrogen and oxygen atoms in total. The minimum atomic E-state index is -0.860. The number of benzene rings is 1. The Kier molecular flexibility index (Phi) is 6.60. The summed E-state index contributed by atoms with van der Waals surface area (Å²) < 4.78 is 7.67. The average molecular weight is 450 g/mol. The van der Waals surface area contributed by atoms with Crippen LogP contribution >= 0.6 is 0 Å². The predicted molar refractivity (Wildman–Crippen MR) is 126 cm³/mol. The zero-order valence-corrected chi connectivity index (χ0v) is 18.7. The maximum absolute atomic E-state index is 12.0. The fourth-order valence-electron chi connectivity index (χ4n) is 3.72. The van der Waals surface area contributed by atoms with E-state index in [-0.39, 0.29) is 18.9 Å². The molecule has 0 atom stereocenters. The number of carboxylic acids is 1. The van der Waals surface area contributed by atoms with Gasteiger partial charge in [-0.05, 0) is 56.6 Å². The van der Waals surface area contributed by atoms with Crippen molar-refractivity contribution < 1.29 is 19.4 Å². The van der Waals surface area contributed by atoms with Crippen molar-refractivity contribution in [2.75, 3.05) is 33.8 Å². The molecule has 0 aliphatic heterocycles. The van der Waals surface area contributed by atoms with Crippen molar-refractivity contribution in [2.24, 2.45) is 0 Å². The largest absolute Gasteiger partial charge is 0.484 e. The van der Waals surface area contributed by atoms with Crippen LogP contribution in [0.2, 0.25) is 0 Å². The lowest BCUT2D eigenvalue weighted by atomic mass is 10.2. The van der Waals surface area contributed by atoms with E-state index in [1.165, 1.54) is 0 Å². The molecule has 3 aromatic heterocycles. The number of aliphatic carboxylic acids is 1. The molecular weight excluding hydrogens is 422 g/mol. The number of carboxylic acid groups (broad SMARTS) is 1. The number of likely N-dealkylation sites (N-methyl/N-ethyl adjacent to an activating group) is 1. The molecule has 9 heteroatoms. The summed E-state index contributed by atoms with van der Waals surface area (Å²) in [5.74, 6) is -0.464. The Hall–Kier alpha value is -3.85. The maximum Gasteiger partial charge on any atom is 0.305 e. The molecule has 0 saturated heterocycles. The van der Waals surface area contributed by atoms with Crippen molar-refractivity contribution in [1.29, 1.82) is 0 Å². The van der Waals surface area contributed by atoms with Gasteiger partial charge in [0.05, 0.1) is 17.8 Å². The summed E-state index contributed by atoms with van der Waals surface area (Å²) in [4.78, 5) is 32.9. The van der Waals surface area contributed by atoms with E-state index in [1.54, 1.807) is 12.3 Å². The first-order chi connectivity index (χ1) is 15.9. The lowest BCUT2D eigenvalue weighted by Crippen LogP contribution is -2.34. The number of carbonyl (C=O) groups is 2. The van der Waals surface area contributed by atoms with Gasteiger partial charge in [0.15, 0.2) is 6.61 Å². The minimum Gasteiger partial charge on any atom is -0.484 e. The van der Waals surface area contributed by atoms with Crippen molar-refractivity contribution in [3.05, 3.63) is 48.7 Å². The molecule has 0 aliphatic carbocycles. The summed E-state index contributed by atoms with van der Waals surface area (Å²) in [6, 6.07) is 13.4. The predicted octanol–water partition coefficient (Wildman–Crippen LogP) is 2.72. The Bertz CT molecular complexity index is 1260. The quantitative estimate of drug-likeness (QED) is 0.343. The topological polar surface area (TPSA) is 112 Å². The van der Waals surface area contributed by atoms with Crippen LogP contribution in [0.1, 0.15) is 6.42 Å². The standard InChI is InChI=1S/C24H27N5O4/c1-28(2)11-9-25-22(30)15-33-18-5-6-20-17(12-18)14-21(29(20)10-7-23(31)32)19-13-16-4-3-8-26-24(16)27-19/h3-6,8,12-14H,7,9-11,15H2,1-2H3,(H,25,30)(H,26,27)(H,31,32). The van der Waals surface area contributed by atoms with Gasteiger partial charge in [0, 0.05) is 42.1 Å². The number of ether oxygens (including phenoxy) is 1. The Labute approximate surface area is 191 Å². The second-order valence-corrected chi connectivity index (χ2v) is 8.11. The number of aromatic amines is 1. The summed E-state index contributed by atoms with van der Waals surface area (Å²) in [7, 11) is 3.89. The second-order valence-electron chi connectivity index (χ2n) is 8.11. The van der Waals surface area contributed by atoms with Gasteiger partial charge in [-0.3, -0.25) is 9.59 Å². The molecule has 4 aromatic rings. The number of rotatable bonds is 10. The zero-order chi connectivity index (χ0) is 23.4. The normalized spacial score (nSPS) is 11.4. The first kappa shape index (κ1) is 22.3. The van der Waals surface area contributed by atoms with E-state index in [2.05, 4.69) is 15.3 Å². The van der Waals surface area contributed by atoms with Crippen LogP contribution in [0.25, 0.3) is 33.3 Å². The highest BCUT2D eigenvalue weighted by molar-refractivity contribution is 5.90. The van der Waals surface area contributed by atoms with Crippen molar-refractivity contribution in [3.63, 3.8) is 0 Å². The van der Waals surface area contributed by atoms with Crippen LogP contribution in [-0.4, -0.2) is 70.2 Å². The number of nitrogens with zero attached hydrogens (tertiary/aromatic N) is 3. The molecule has 0 fully saturated rings. The first-order valence-electron chi connectivity index (χ1n) is 10.7. The Morgan fingerprint density at radius 2 is 2.03 bits per heavy atom. The molecule has 4 rings (SSSR count). The Morgan fingerprint density at radius 3 is 2.79 bits per heavy atom. The van der Waals surface area contributed by atoms with Crippen LogP contribution in [0.4, 0.5) is 0 Å². The van der Waals surface area contributed by atoms with Gasteiger partial charge in [-0.2, -0.15) is 0 Å². The van der Waals surface area contributed by atoms with Gasteiger partial charge in [-0.1, -0.05) is 0 Å². The molecule has 0 radical (unpaired) electrons. The lowest BCUT2D eigenvalue weighted by Gasteiger charge is -2.11. The third-order valence-electron chi connectivity index (χ3n) is 5.34. The summed E-state index contributed by atoms with van der Waals surface area (Å²) in [5.41, 5.74) is 3.38. The van der Waals surface area contributed by atoms with Gasteiger partial charge in [0.2, 0.25) is 0 Å². The molecule has 172 valence electrons. The number of carbonyl (C=O) groups excluding carboxylic acids is 1. The van der Waals surface area contributed by atoms with Gasteiger partial charge < -0.3 is 29.6 Å². The Balaban J connectivity index is 1.59. The van der Waals surface area contributed by atoms with E-state index in [0.717, 1.165) is 39.9 Å². The van der Waals surface area contributed by atoms with Gasteiger partial charge in [-0.25, -0.2) is 4.98 Å². The molecular formula is C24H27N5O4. The van der Waals surface area contributed by atoms with Crippen LogP contribution in [0.5, 0.6) is 5.75 Å². The molecule has 0 aliphatic rings. The van der Waals surface area contributed by atoms with Crippen molar-refractivity contribution >= 4 is 33.8 Å². The molecule has 1 aromatic carbocycles. The van der Waals surface area contributed by atoms with Crippen LogP contribution < -0.4 is 10.1 Å². The summed E-state index contributed by atoms with van der Waals surface area (Å²) in [5, 5.41) is 13.9. The lowest BCUT2D eigenvalue weighted by molar-refractivity contribution is -0.137. The van der Waals surface area contributed by atoms with Gasteiger partial charge in [-0.15, -0.1) is 0 Å². The SMILES string of the molecule is CN(C)CCNC(=O)COc1ccc2c(c1)cc(-c1cc3cccnc3[nH]1)n2CCC(=O)O. The summed E-state index contributed by atoms with van der Waals surface area (Å²) in [6.07, 6.45) is 1.73. The Morgan fingerprint density at radius 1 is 1.18 bits per heavy atom. The molecule has 3 heterocycles. The molecule has 33 heavy (non-hydrogen) atoms. The van der Waals surface area contributed by atoms with Crippen molar-refractivity contribution in [3.8, 4) is 17.1 Å². The van der Waals surface area contributed by atoms with E-state index >= 15 is 0 Å². The van der Waals surface area contributed by atoms with Crippen LogP contribution in [0, 0.1) is 0 Å². The van der Waals surface area contributed by atoms with Crippen LogP contribution in [0.3, 0.4) is 0 Å². The molecule has 0 spiro atoms. The highest BCUT2D eigenvalue weighted by atomic mass is 16.5. The molecule has 3 N–H and O–H groups in total. The van der Waals surface area contributed by atoms with E-state index in [9.17, 15) is 14.7 Å². The zero-order valence-electron chi connectivity index (χ0n) is 18.7. The van der Waals surface area contributed by atoms with Crippen LogP contribution in [0.15, 0.2) is 48.7 Å². The first-order valence-corrected chi connectivity index (χ1v) is 10.7. The third-order valence-corrected chi connectivity index (χ3v) is 5.34. The minimum absolute atomic E-state index is 0.000625. The molecule has 0 unspecified atom stereocenters. The van der Waals surface area contributed by atoms with Crippen LogP contribution in [-0.2, 0) is 16.1 Å². The van der Waals surface area contributed by atoms with E-state index in [0.29, 0.717) is 18.8 Å². The maximum atomic E-state index is 12.0. The number of H-pyrrole nitrogens is 1. The third kappa shape index (κ3) is 5.32. The number of pyridine rings is 1. The molecule has 0 bridgehead atoms. The molecule has 0 saturated carbocycles. The number of amides is 1. The summed E-state index contributed by atoms with van der Waals surface area (Å²) in [6.45, 7) is 1.57. The number of fused-ring (bicyclic) bond motifs is 2. The monoisotopic (exact) mass is 449 g/mol. The number of aryl methyl sites for hydroxylation is 1. The highest BCUT2D eigenvalue weighted by Gasteiger charge is 2.15.